The zero-order valence-corrected chi connectivity index (χ0v) is 17.0. The number of aryl methyl sites for hydroxylation is 1. The molecule has 3 aromatic rings. The van der Waals surface area contributed by atoms with Gasteiger partial charge in [-0.15, -0.1) is 0 Å². The molecule has 1 fully saturated rings. The molecule has 1 saturated carbocycles. The molecule has 1 aromatic carbocycles. The maximum atomic E-state index is 12.3. The first kappa shape index (κ1) is 19.6. The first-order chi connectivity index (χ1) is 14.5. The Morgan fingerprint density at radius 1 is 1.27 bits per heavy atom. The van der Waals surface area contributed by atoms with Crippen LogP contribution in [0.1, 0.15) is 25.8 Å². The number of benzene rings is 1. The first-order valence-corrected chi connectivity index (χ1v) is 10.1. The van der Waals surface area contributed by atoms with Gasteiger partial charge in [-0.05, 0) is 54.5 Å². The average Bonchev–Trinajstić information content (AvgIpc) is 3.54. The number of amides is 1. The number of nitrogens with two attached hydrogens (primary N) is 1. The molecule has 2 aromatic heterocycles. The number of nitrogens with zero attached hydrogens (tertiary/aromatic N) is 3. The van der Waals surface area contributed by atoms with Crippen LogP contribution in [-0.2, 0) is 11.2 Å². The van der Waals surface area contributed by atoms with E-state index >= 15 is 0 Å². The van der Waals surface area contributed by atoms with Gasteiger partial charge in [0.1, 0.15) is 5.82 Å². The molecule has 2 atom stereocenters. The predicted octanol–water partition coefficient (Wildman–Crippen LogP) is 3.94. The molecule has 152 valence electrons. The van der Waals surface area contributed by atoms with Gasteiger partial charge in [-0.1, -0.05) is 6.92 Å². The molecule has 30 heavy (non-hydrogen) atoms. The van der Waals surface area contributed by atoms with Crippen LogP contribution in [0, 0.1) is 23.2 Å². The lowest BCUT2D eigenvalue weighted by atomic mass is 9.97. The number of hydrogen-bond acceptors (Lipinski definition) is 6. The van der Waals surface area contributed by atoms with Crippen molar-refractivity contribution in [2.75, 3.05) is 17.7 Å². The molecular weight excluding hydrogens is 378 g/mol. The summed E-state index contributed by atoms with van der Waals surface area (Å²) in [5.41, 5.74) is 9.96. The van der Waals surface area contributed by atoms with Crippen LogP contribution in [0.25, 0.3) is 21.9 Å². The second-order valence-electron chi connectivity index (χ2n) is 7.39. The van der Waals surface area contributed by atoms with Crippen molar-refractivity contribution in [2.45, 2.75) is 26.7 Å². The van der Waals surface area contributed by atoms with Crippen molar-refractivity contribution in [1.82, 2.24) is 9.97 Å². The largest absolute Gasteiger partial charge is 0.478 e. The molecule has 1 aliphatic carbocycles. The van der Waals surface area contributed by atoms with Crippen LogP contribution in [-0.4, -0.2) is 22.5 Å². The summed E-state index contributed by atoms with van der Waals surface area (Å²) in [6, 6.07) is 9.84. The molecule has 0 aliphatic heterocycles. The molecule has 0 spiro atoms. The molecule has 1 amide bonds. The SMILES string of the molecule is CCOc1cc(CC)c(-c2cc(N)c3cnc(NC(=O)[C@@H]4C[C@H]4C#N)cc3c2)cn1. The van der Waals surface area contributed by atoms with Gasteiger partial charge >= 0.3 is 0 Å². The number of carbonyl (C=O) groups is 1. The second-order valence-corrected chi connectivity index (χ2v) is 7.39. The number of ether oxygens (including phenoxy) is 1. The summed E-state index contributed by atoms with van der Waals surface area (Å²) in [6.07, 6.45) is 4.91. The van der Waals surface area contributed by atoms with Crippen LogP contribution in [0.4, 0.5) is 11.5 Å². The lowest BCUT2D eigenvalue weighted by Gasteiger charge is -2.13. The topological polar surface area (TPSA) is 114 Å². The van der Waals surface area contributed by atoms with Crippen molar-refractivity contribution >= 4 is 28.2 Å². The lowest BCUT2D eigenvalue weighted by molar-refractivity contribution is -0.117. The molecular formula is C23H23N5O2. The van der Waals surface area contributed by atoms with Crippen LogP contribution in [0.3, 0.4) is 0 Å². The number of nitrogen functional groups attached to an aromatic ring is 1. The Morgan fingerprint density at radius 2 is 2.10 bits per heavy atom. The number of pyridine rings is 2. The van der Waals surface area contributed by atoms with Crippen LogP contribution < -0.4 is 15.8 Å². The summed E-state index contributed by atoms with van der Waals surface area (Å²) in [7, 11) is 0. The van der Waals surface area contributed by atoms with E-state index < -0.39 is 0 Å². The Bertz CT molecular complexity index is 1170. The lowest BCUT2D eigenvalue weighted by Crippen LogP contribution is -2.15. The molecule has 4 rings (SSSR count). The Kier molecular flexibility index (Phi) is 5.23. The zero-order valence-electron chi connectivity index (χ0n) is 17.0. The number of nitrogens with one attached hydrogen (secondary N) is 1. The minimum atomic E-state index is -0.244. The summed E-state index contributed by atoms with van der Waals surface area (Å²) in [6.45, 7) is 4.58. The zero-order chi connectivity index (χ0) is 21.3. The van der Waals surface area contributed by atoms with Gasteiger partial charge < -0.3 is 15.8 Å². The van der Waals surface area contributed by atoms with E-state index in [1.807, 2.05) is 37.4 Å². The number of carbonyl (C=O) groups excluding carboxylic acids is 1. The quantitative estimate of drug-likeness (QED) is 0.605. The Balaban J connectivity index is 1.69. The highest BCUT2D eigenvalue weighted by atomic mass is 16.5. The number of aromatic nitrogens is 2. The van der Waals surface area contributed by atoms with Crippen LogP contribution in [0.2, 0.25) is 0 Å². The smallest absolute Gasteiger partial charge is 0.230 e. The van der Waals surface area contributed by atoms with E-state index in [2.05, 4.69) is 28.3 Å². The summed E-state index contributed by atoms with van der Waals surface area (Å²) in [4.78, 5) is 21.0. The normalized spacial score (nSPS) is 17.4. The predicted molar refractivity (Wildman–Crippen MR) is 116 cm³/mol. The maximum absolute atomic E-state index is 12.3. The van der Waals surface area contributed by atoms with Gasteiger partial charge in [0.2, 0.25) is 11.8 Å². The average molecular weight is 401 g/mol. The Labute approximate surface area is 174 Å². The fraction of sp³-hybridized carbons (Fsp3) is 0.304. The van der Waals surface area contributed by atoms with E-state index in [9.17, 15) is 4.79 Å². The van der Waals surface area contributed by atoms with Gasteiger partial charge in [0.25, 0.3) is 0 Å². The molecule has 0 radical (unpaired) electrons. The molecule has 1 aliphatic rings. The summed E-state index contributed by atoms with van der Waals surface area (Å²) in [5, 5.41) is 13.4. The fourth-order valence-electron chi connectivity index (χ4n) is 3.61. The molecule has 3 N–H and O–H groups in total. The third-order valence-electron chi connectivity index (χ3n) is 5.36. The van der Waals surface area contributed by atoms with Gasteiger partial charge in [0.15, 0.2) is 0 Å². The van der Waals surface area contributed by atoms with E-state index in [-0.39, 0.29) is 17.7 Å². The molecule has 2 heterocycles. The first-order valence-electron chi connectivity index (χ1n) is 10.1. The number of rotatable bonds is 6. The molecule has 7 heteroatoms. The third kappa shape index (κ3) is 3.77. The van der Waals surface area contributed by atoms with Gasteiger partial charge in [-0.3, -0.25) is 4.79 Å². The summed E-state index contributed by atoms with van der Waals surface area (Å²) >= 11 is 0. The molecule has 0 unspecified atom stereocenters. The van der Waals surface area contributed by atoms with Crippen molar-refractivity contribution in [3.05, 3.63) is 42.2 Å². The van der Waals surface area contributed by atoms with Crippen LogP contribution in [0.5, 0.6) is 5.88 Å². The monoisotopic (exact) mass is 401 g/mol. The standard InChI is InChI=1S/C23H23N5O2/c1-3-13-9-22(30-4-2)27-11-18(13)14-5-15-8-21(26-12-19(15)20(25)7-14)28-23(29)17-6-16(17)10-24/h5,7-9,11-12,16-17H,3-4,6,25H2,1-2H3,(H,26,28,29)/t16-,17+/m0/s1. The van der Waals surface area contributed by atoms with Crippen LogP contribution in [0.15, 0.2) is 36.7 Å². The second kappa shape index (κ2) is 7.99. The van der Waals surface area contributed by atoms with Crippen molar-refractivity contribution in [2.24, 2.45) is 11.8 Å². The minimum absolute atomic E-state index is 0.165. The molecule has 0 bridgehead atoms. The van der Waals surface area contributed by atoms with Crippen molar-refractivity contribution < 1.29 is 9.53 Å². The van der Waals surface area contributed by atoms with Crippen molar-refractivity contribution in [3.8, 4) is 23.1 Å². The van der Waals surface area contributed by atoms with E-state index in [4.69, 9.17) is 15.7 Å². The number of hydrogen-bond donors (Lipinski definition) is 2. The van der Waals surface area contributed by atoms with Gasteiger partial charge in [0.05, 0.1) is 24.5 Å². The summed E-state index contributed by atoms with van der Waals surface area (Å²) < 4.78 is 5.52. The van der Waals surface area contributed by atoms with Gasteiger partial charge in [-0.2, -0.15) is 5.26 Å². The van der Waals surface area contributed by atoms with E-state index in [1.54, 1.807) is 6.20 Å². The molecule has 0 saturated heterocycles. The summed E-state index contributed by atoms with van der Waals surface area (Å²) in [5.74, 6) is 0.463. The highest BCUT2D eigenvalue weighted by molar-refractivity contribution is 6.00. The van der Waals surface area contributed by atoms with E-state index in [0.717, 1.165) is 33.9 Å². The van der Waals surface area contributed by atoms with E-state index in [1.165, 1.54) is 0 Å². The van der Waals surface area contributed by atoms with Gasteiger partial charge in [0, 0.05) is 35.1 Å². The highest BCUT2D eigenvalue weighted by Gasteiger charge is 2.43. The number of fused-ring (bicyclic) bond motifs is 1. The minimum Gasteiger partial charge on any atom is -0.478 e. The number of nitriles is 1. The van der Waals surface area contributed by atoms with Crippen molar-refractivity contribution in [1.29, 1.82) is 5.26 Å². The fourth-order valence-corrected chi connectivity index (χ4v) is 3.61. The third-order valence-corrected chi connectivity index (χ3v) is 5.36. The Morgan fingerprint density at radius 3 is 2.80 bits per heavy atom. The van der Waals surface area contributed by atoms with Crippen LogP contribution >= 0.6 is 0 Å². The molecule has 7 nitrogen and oxygen atoms in total. The number of anilines is 2. The maximum Gasteiger partial charge on any atom is 0.230 e. The van der Waals surface area contributed by atoms with Crippen molar-refractivity contribution in [3.63, 3.8) is 0 Å². The Hall–Kier alpha value is -3.66. The van der Waals surface area contributed by atoms with E-state index in [0.29, 0.717) is 30.4 Å². The highest BCUT2D eigenvalue weighted by Crippen LogP contribution is 2.38. The van der Waals surface area contributed by atoms with Gasteiger partial charge in [-0.25, -0.2) is 9.97 Å².